The second-order valence-electron chi connectivity index (χ2n) is 27.5. The van der Waals surface area contributed by atoms with Crippen molar-refractivity contribution in [3.63, 3.8) is 0 Å². The zero-order chi connectivity index (χ0) is 72.1. The number of Topliss-reactive ketones (excluding diaryl/α,β-unsaturated/α-hetero) is 2. The van der Waals surface area contributed by atoms with Gasteiger partial charge in [-0.05, 0) is 132 Å². The van der Waals surface area contributed by atoms with Gasteiger partial charge in [-0.25, -0.2) is 75.4 Å². The molecule has 0 radical (unpaired) electrons. The molecule has 0 aromatic carbocycles. The molecule has 3 saturated carbocycles. The van der Waals surface area contributed by atoms with Crippen LogP contribution in [0.15, 0.2) is 72.8 Å². The number of H-pyrrole nitrogens is 3. The summed E-state index contributed by atoms with van der Waals surface area (Å²) in [6.45, 7) is 10.1. The van der Waals surface area contributed by atoms with Crippen LogP contribution in [-0.4, -0.2) is 182 Å². The van der Waals surface area contributed by atoms with Gasteiger partial charge in [-0.2, -0.15) is 15.3 Å². The molecule has 36 heteroatoms. The first kappa shape index (κ1) is 70.2. The lowest BCUT2D eigenvalue weighted by molar-refractivity contribution is 0.0689. The number of carbonyl (C=O) groups is 6. The molecule has 6 atom stereocenters. The molecule has 6 bridgehead atoms. The van der Waals surface area contributed by atoms with Gasteiger partial charge in [0.05, 0.1) is 57.4 Å². The van der Waals surface area contributed by atoms with Gasteiger partial charge >= 0.3 is 24.1 Å². The van der Waals surface area contributed by atoms with E-state index in [2.05, 4.69) is 91.1 Å². The van der Waals surface area contributed by atoms with E-state index in [4.69, 9.17) is 5.73 Å². The minimum absolute atomic E-state index is 0. The number of urea groups is 3. The first-order chi connectivity index (χ1) is 49.2. The molecule has 0 spiro atoms. The van der Waals surface area contributed by atoms with Gasteiger partial charge in [0, 0.05) is 100 Å². The second kappa shape index (κ2) is 27.1. The maximum atomic E-state index is 13.5. The number of nitrogens with one attached hydrogen (secondary N) is 6. The number of carboxylic acid groups (broad SMARTS) is 1. The highest BCUT2D eigenvalue weighted by atomic mass is 35.5. The summed E-state index contributed by atoms with van der Waals surface area (Å²) in [5.41, 5.74) is 11.4. The third kappa shape index (κ3) is 13.9. The number of aromatic nitrogens is 12. The Morgan fingerprint density at radius 2 is 0.769 bits per heavy atom. The third-order valence-electron chi connectivity index (χ3n) is 20.0. The Balaban J connectivity index is 0.000000126. The predicted molar refractivity (Wildman–Crippen MR) is 375 cm³/mol. The average Bonchev–Trinajstić information content (AvgIpc) is 1.75. The van der Waals surface area contributed by atoms with Crippen LogP contribution in [0.2, 0.25) is 0 Å². The smallest absolute Gasteiger partial charge is 0.354 e. The fraction of sp³-hybridized carbons (Fsp3) is 0.426. The maximum absolute atomic E-state index is 13.5. The molecule has 3 aliphatic carbocycles. The number of carboxylic acids is 1. The zero-order valence-corrected chi connectivity index (χ0v) is 57.1. The number of anilines is 9. The quantitative estimate of drug-likeness (QED) is 0.0466. The lowest BCUT2D eigenvalue weighted by atomic mass is 9.99. The van der Waals surface area contributed by atoms with Crippen LogP contribution in [-0.2, 0) is 0 Å². The number of nitrogens with zero attached hydrogens (tertiary/aromatic N) is 15. The van der Waals surface area contributed by atoms with Gasteiger partial charge < -0.3 is 25.5 Å². The van der Waals surface area contributed by atoms with Gasteiger partial charge in [0.2, 0.25) is 0 Å². The van der Waals surface area contributed by atoms with Crippen molar-refractivity contribution in [1.82, 2.24) is 60.5 Å². The number of piperidine rings is 3. The van der Waals surface area contributed by atoms with E-state index in [1.807, 2.05) is 57.2 Å². The fourth-order valence-corrected chi connectivity index (χ4v) is 14.1. The summed E-state index contributed by atoms with van der Waals surface area (Å²) in [5, 5.41) is 41.1. The van der Waals surface area contributed by atoms with Crippen LogP contribution < -0.4 is 51.1 Å². The lowest BCUT2D eigenvalue weighted by Crippen LogP contribution is -2.56. The molecule has 3 unspecified atom stereocenters. The van der Waals surface area contributed by atoms with E-state index >= 15 is 0 Å². The van der Waals surface area contributed by atoms with Crippen molar-refractivity contribution in [2.24, 2.45) is 17.6 Å². The Hall–Kier alpha value is -10.8. The number of ketones is 2. The molecular formula is C68H71ClF6N22O7. The van der Waals surface area contributed by atoms with Gasteiger partial charge in [0.1, 0.15) is 11.4 Å². The van der Waals surface area contributed by atoms with Crippen molar-refractivity contribution in [3.05, 3.63) is 107 Å². The molecule has 6 fully saturated rings. The fourth-order valence-electron chi connectivity index (χ4n) is 14.1. The van der Waals surface area contributed by atoms with Gasteiger partial charge in [0.25, 0.3) is 17.8 Å². The Labute approximate surface area is 593 Å². The van der Waals surface area contributed by atoms with Crippen molar-refractivity contribution < 1.29 is 60.2 Å². The third-order valence-corrected chi connectivity index (χ3v) is 20.0. The predicted octanol–water partition coefficient (Wildman–Crippen LogP) is 11.0. The Morgan fingerprint density at radius 1 is 0.471 bits per heavy atom. The number of hydrogen-bond donors (Lipinski definition) is 8. The molecule has 9 aromatic rings. The lowest BCUT2D eigenvalue weighted by Gasteiger charge is -2.45. The maximum Gasteiger partial charge on any atom is 0.354 e. The summed E-state index contributed by atoms with van der Waals surface area (Å²) in [7, 11) is 0. The number of nitrogens with two attached hydrogens (primary N) is 1. The number of carbonyl (C=O) groups excluding carboxylic acids is 5. The standard InChI is InChI=1S/2C23H23F2N7O2.C19H19N7O3.C3H5F2N.ClH/c2*1-12-4-5-15-19(26-12)29-30-20(15)28-22(34)32-14-3-2-8-31(11-14)17-7-6-16(27-21(17)32)18(33)9-13-10-23(13,24)25;1-10-4-5-12-15(20-10)23-24-16(12)22-19(29)26-11-3-2-8-25(9-11)14-7-6-13(18(27)28)21-17(14)26;4-3(5)1-2(3)6;/h2*4-7,13-14H,2-3,8-11H2,1H3,(H2,26,28,29,30,34);4-7,11H,2-3,8-9H2,1H3,(H,27,28)(H2,20,22,23,24,29);2H,1,6H2;1H/t2*13?,14-;11-;;/m000../s1. The zero-order valence-electron chi connectivity index (χ0n) is 56.3. The molecule has 9 aliphatic rings. The number of amides is 6. The number of aryl methyl sites for hydroxylation is 3. The number of halogens is 7. The Bertz CT molecular complexity index is 4720. The highest BCUT2D eigenvalue weighted by molar-refractivity contribution is 6.10. The topological polar surface area (TPSA) is 368 Å². The van der Waals surface area contributed by atoms with E-state index in [1.165, 1.54) is 6.07 Å². The normalized spacial score (nSPS) is 21.9. The number of fused-ring (bicyclic) bond motifs is 15. The van der Waals surface area contributed by atoms with Crippen LogP contribution in [0, 0.1) is 32.6 Å². The number of aromatic carboxylic acids is 1. The van der Waals surface area contributed by atoms with Crippen LogP contribution in [0.25, 0.3) is 33.1 Å². The van der Waals surface area contributed by atoms with E-state index in [-0.39, 0.29) is 85.7 Å². The Morgan fingerprint density at radius 3 is 1.06 bits per heavy atom. The van der Waals surface area contributed by atoms with E-state index in [0.29, 0.717) is 87.6 Å². The SMILES string of the molecule is Cc1ccc2c(NC(=O)N3c4nc(C(=O)CC5CC5(F)F)ccc4N4CCC[C@H]3C4)n[nH]c2n1.Cc1ccc2c(NC(=O)N3c4nc(C(=O)CC5CC5(F)F)ccc4N4CCC[C@H]3C4)n[nH]c2n1.Cc1ccc2c(NC(=O)N3c4nc(C(=O)O)ccc4N4CCC[C@H]3C4)n[nH]c2n1.Cl.NC1CC1(F)F. The summed E-state index contributed by atoms with van der Waals surface area (Å²) >= 11 is 0. The molecular weight excluding hydrogens is 1390 g/mol. The Kier molecular flexibility index (Phi) is 18.3. The van der Waals surface area contributed by atoms with E-state index < -0.39 is 65.2 Å². The minimum Gasteiger partial charge on any atom is -0.477 e. The molecule has 15 heterocycles. The first-order valence-electron chi connectivity index (χ1n) is 34.0. The second-order valence-corrected chi connectivity index (χ2v) is 27.5. The van der Waals surface area contributed by atoms with Gasteiger partial charge in [-0.15, -0.1) is 12.4 Å². The molecule has 29 nitrogen and oxygen atoms in total. The summed E-state index contributed by atoms with van der Waals surface area (Å²) < 4.78 is 76.1. The van der Waals surface area contributed by atoms with Crippen molar-refractivity contribution in [2.75, 3.05) is 84.6 Å². The summed E-state index contributed by atoms with van der Waals surface area (Å²) in [4.78, 5) is 115. The number of alkyl halides is 6. The minimum atomic E-state index is -2.77. The van der Waals surface area contributed by atoms with Crippen LogP contribution in [0.1, 0.15) is 119 Å². The van der Waals surface area contributed by atoms with Crippen LogP contribution in [0.3, 0.4) is 0 Å². The molecule has 544 valence electrons. The average molecular weight is 1460 g/mol. The summed E-state index contributed by atoms with van der Waals surface area (Å²) in [6.07, 6.45) is 4.05. The summed E-state index contributed by atoms with van der Waals surface area (Å²) in [5.74, 6) is -9.69. The van der Waals surface area contributed by atoms with Gasteiger partial charge in [-0.1, -0.05) is 0 Å². The molecule has 9 aromatic heterocycles. The number of hydrogen-bond acceptors (Lipinski definition) is 19. The molecule has 9 N–H and O–H groups in total. The van der Waals surface area contributed by atoms with Crippen molar-refractivity contribution in [3.8, 4) is 0 Å². The van der Waals surface area contributed by atoms with E-state index in [0.717, 1.165) is 92.3 Å². The van der Waals surface area contributed by atoms with Crippen molar-refractivity contribution in [2.45, 2.75) is 133 Å². The largest absolute Gasteiger partial charge is 0.477 e. The van der Waals surface area contributed by atoms with Gasteiger partial charge in [0.15, 0.2) is 69.1 Å². The van der Waals surface area contributed by atoms with Crippen LogP contribution in [0.5, 0.6) is 0 Å². The van der Waals surface area contributed by atoms with Crippen molar-refractivity contribution >= 4 is 133 Å². The van der Waals surface area contributed by atoms with Crippen molar-refractivity contribution in [1.29, 1.82) is 0 Å². The number of rotatable bonds is 10. The van der Waals surface area contributed by atoms with Gasteiger partial charge in [-0.3, -0.25) is 55.5 Å². The van der Waals surface area contributed by atoms with Crippen LogP contribution in [0.4, 0.5) is 92.7 Å². The first-order valence-corrected chi connectivity index (χ1v) is 34.0. The van der Waals surface area contributed by atoms with E-state index in [1.54, 1.807) is 45.0 Å². The molecule has 6 aliphatic heterocycles. The molecule has 3 saturated heterocycles. The van der Waals surface area contributed by atoms with E-state index in [9.17, 15) is 60.2 Å². The molecule has 18 rings (SSSR count). The monoisotopic (exact) mass is 1460 g/mol. The summed E-state index contributed by atoms with van der Waals surface area (Å²) in [6, 6.07) is 18.5. The molecule has 104 heavy (non-hydrogen) atoms. The number of pyridine rings is 6. The highest BCUT2D eigenvalue weighted by Gasteiger charge is 2.58. The highest BCUT2D eigenvalue weighted by Crippen LogP contribution is 2.52. The number of aromatic amines is 3. The molecule has 6 amide bonds. The van der Waals surface area contributed by atoms with Crippen LogP contribution >= 0.6 is 12.4 Å².